The lowest BCUT2D eigenvalue weighted by molar-refractivity contribution is -0.164. The predicted molar refractivity (Wildman–Crippen MR) is 227 cm³/mol. The Morgan fingerprint density at radius 2 is 1.68 bits per heavy atom. The summed E-state index contributed by atoms with van der Waals surface area (Å²) in [5.41, 5.74) is 2.55. The number of amides is 3. The van der Waals surface area contributed by atoms with Gasteiger partial charge in [0.05, 0.1) is 16.0 Å². The SMILES string of the molecule is CC1(C)[C@H](NC(=O)c2ccc(N3CC4CC3CN4CC3CCN(c4ccc5nnn(C6CCC(=O)NC6=O)c(=O)c5c4)CC3)cc2)C(C)(C)[C@H]1Oc1ccc(C#N)c(Cl)c1. The molecule has 9 rings (SSSR count). The smallest absolute Gasteiger partial charge is 0.278 e. The van der Waals surface area contributed by atoms with Gasteiger partial charge in [-0.25, -0.2) is 0 Å². The molecule has 2 bridgehead atoms. The normalized spacial score (nSPS) is 26.1. The zero-order valence-corrected chi connectivity index (χ0v) is 35.1. The third kappa shape index (κ3) is 7.05. The maximum atomic E-state index is 13.6. The number of piperazine rings is 1. The van der Waals surface area contributed by atoms with Gasteiger partial charge in [0, 0.05) is 91.1 Å². The lowest BCUT2D eigenvalue weighted by Gasteiger charge is -2.63. The van der Waals surface area contributed by atoms with E-state index in [4.69, 9.17) is 16.3 Å². The Balaban J connectivity index is 0.762. The van der Waals surface area contributed by atoms with Gasteiger partial charge in [0.25, 0.3) is 17.4 Å². The van der Waals surface area contributed by atoms with Crippen molar-refractivity contribution in [3.8, 4) is 11.8 Å². The van der Waals surface area contributed by atoms with E-state index >= 15 is 0 Å². The van der Waals surface area contributed by atoms with Crippen molar-refractivity contribution in [2.75, 3.05) is 42.5 Å². The monoisotopic (exact) mass is 831 g/mol. The van der Waals surface area contributed by atoms with Crippen LogP contribution in [0.15, 0.2) is 65.5 Å². The number of hydrogen-bond acceptors (Lipinski definition) is 11. The Labute approximate surface area is 353 Å². The molecule has 4 aromatic rings. The number of hydrogen-bond donors (Lipinski definition) is 2. The third-order valence-electron chi connectivity index (χ3n) is 13.9. The molecule has 2 N–H and O–H groups in total. The molecule has 1 aliphatic carbocycles. The van der Waals surface area contributed by atoms with Gasteiger partial charge in [-0.1, -0.05) is 44.5 Å². The Morgan fingerprint density at radius 1 is 0.950 bits per heavy atom. The van der Waals surface area contributed by atoms with Crippen molar-refractivity contribution in [2.24, 2.45) is 16.7 Å². The fourth-order valence-electron chi connectivity index (χ4n) is 11.0. The van der Waals surface area contributed by atoms with Gasteiger partial charge in [-0.2, -0.15) is 9.94 Å². The average Bonchev–Trinajstić information content (AvgIpc) is 3.84. The summed E-state index contributed by atoms with van der Waals surface area (Å²) in [6, 6.07) is 20.9. The van der Waals surface area contributed by atoms with Crippen LogP contribution >= 0.6 is 11.6 Å². The predicted octanol–water partition coefficient (Wildman–Crippen LogP) is 5.09. The molecule has 15 heteroatoms. The lowest BCUT2D eigenvalue weighted by atomic mass is 9.49. The summed E-state index contributed by atoms with van der Waals surface area (Å²) in [5, 5.41) is 23.8. The summed E-state index contributed by atoms with van der Waals surface area (Å²) >= 11 is 6.27. The second-order valence-corrected chi connectivity index (χ2v) is 18.8. The molecule has 0 radical (unpaired) electrons. The van der Waals surface area contributed by atoms with Crippen molar-refractivity contribution in [3.05, 3.63) is 87.2 Å². The van der Waals surface area contributed by atoms with Gasteiger partial charge >= 0.3 is 0 Å². The fraction of sp³-hybridized carbons (Fsp3) is 0.489. The number of halogens is 1. The van der Waals surface area contributed by atoms with Crippen molar-refractivity contribution < 1.29 is 19.1 Å². The van der Waals surface area contributed by atoms with Gasteiger partial charge in [-0.15, -0.1) is 5.10 Å². The summed E-state index contributed by atoms with van der Waals surface area (Å²) in [6.45, 7) is 13.3. The van der Waals surface area contributed by atoms with Crippen LogP contribution in [0, 0.1) is 28.1 Å². The largest absolute Gasteiger partial charge is 0.489 e. The quantitative estimate of drug-likeness (QED) is 0.216. The molecular weight excluding hydrogens is 782 g/mol. The molecular formula is C45H50ClN9O5. The molecule has 5 heterocycles. The number of fused-ring (bicyclic) bond motifs is 3. The summed E-state index contributed by atoms with van der Waals surface area (Å²) in [4.78, 5) is 58.6. The number of carbonyl (C=O) groups is 3. The maximum absolute atomic E-state index is 13.6. The highest BCUT2D eigenvalue weighted by molar-refractivity contribution is 6.31. The molecule has 14 nitrogen and oxygen atoms in total. The van der Waals surface area contributed by atoms with Crippen LogP contribution in [0.3, 0.4) is 0 Å². The van der Waals surface area contributed by atoms with E-state index in [0.29, 0.717) is 50.8 Å². The molecule has 4 saturated heterocycles. The maximum Gasteiger partial charge on any atom is 0.278 e. The first kappa shape index (κ1) is 39.9. The van der Waals surface area contributed by atoms with Gasteiger partial charge in [0.2, 0.25) is 5.91 Å². The first-order valence-electron chi connectivity index (χ1n) is 21.0. The van der Waals surface area contributed by atoms with Gasteiger partial charge in [-0.3, -0.25) is 29.4 Å². The van der Waals surface area contributed by atoms with Gasteiger partial charge < -0.3 is 19.9 Å². The average molecular weight is 832 g/mol. The first-order valence-corrected chi connectivity index (χ1v) is 21.3. The minimum absolute atomic E-state index is 0.101. The number of nitriles is 1. The molecule has 3 aromatic carbocycles. The fourth-order valence-corrected chi connectivity index (χ4v) is 11.2. The molecule has 1 aromatic heterocycles. The number of piperidine rings is 2. The Kier molecular flexibility index (Phi) is 10.1. The summed E-state index contributed by atoms with van der Waals surface area (Å²) < 4.78 is 7.51. The second kappa shape index (κ2) is 15.2. The molecule has 3 unspecified atom stereocenters. The van der Waals surface area contributed by atoms with Crippen molar-refractivity contribution in [1.82, 2.24) is 30.5 Å². The molecule has 5 fully saturated rings. The highest BCUT2D eigenvalue weighted by Crippen LogP contribution is 2.55. The van der Waals surface area contributed by atoms with Crippen molar-refractivity contribution >= 4 is 51.6 Å². The number of nitrogens with one attached hydrogen (secondary N) is 2. The minimum atomic E-state index is -0.849. The number of ether oxygens (including phenoxy) is 1. The Morgan fingerprint density at radius 3 is 2.35 bits per heavy atom. The summed E-state index contributed by atoms with van der Waals surface area (Å²) in [5.74, 6) is 0.222. The van der Waals surface area contributed by atoms with Crippen LogP contribution in [0.5, 0.6) is 5.75 Å². The van der Waals surface area contributed by atoms with Crippen LogP contribution in [0.25, 0.3) is 10.9 Å². The Bertz CT molecular complexity index is 2460. The second-order valence-electron chi connectivity index (χ2n) is 18.4. The number of carbonyl (C=O) groups excluding carboxylic acids is 3. The van der Waals surface area contributed by atoms with Gasteiger partial charge in [-0.05, 0) is 86.2 Å². The van der Waals surface area contributed by atoms with Crippen molar-refractivity contribution in [1.29, 1.82) is 5.26 Å². The van der Waals surface area contributed by atoms with Crippen molar-refractivity contribution in [3.63, 3.8) is 0 Å². The Hall–Kier alpha value is -5.52. The van der Waals surface area contributed by atoms with E-state index in [0.717, 1.165) is 68.0 Å². The highest BCUT2D eigenvalue weighted by atomic mass is 35.5. The molecule has 3 amide bonds. The van der Waals surface area contributed by atoms with E-state index < -0.39 is 11.9 Å². The number of aromatic nitrogens is 3. The number of nitrogens with zero attached hydrogens (tertiary/aromatic N) is 7. The van der Waals surface area contributed by atoms with Crippen LogP contribution in [0.4, 0.5) is 11.4 Å². The minimum Gasteiger partial charge on any atom is -0.489 e. The standard InChI is InChI=1S/C45H50ClN9O5/c1-44(2)42(45(3,4)43(44)60-33-11-7-28(22-47)35(46)21-33)49-39(57)27-5-8-29(9-6-27)54-25-31-19-32(54)24-53(31)23-26-15-17-52(18-16-26)30-10-12-36-34(20-30)41(59)55(51-50-36)37-13-14-38(56)48-40(37)58/h5-12,20-21,26,31-32,37,42-43H,13-19,23-25H2,1-4H3,(H,49,57)(H,48,56,58)/t31?,32?,37?,42-,43-. The van der Waals surface area contributed by atoms with Crippen LogP contribution < -0.4 is 30.7 Å². The van der Waals surface area contributed by atoms with Crippen LogP contribution in [-0.2, 0) is 9.59 Å². The molecule has 4 aliphatic heterocycles. The van der Waals surface area contributed by atoms with E-state index in [-0.39, 0.29) is 53.2 Å². The van der Waals surface area contributed by atoms with Crippen LogP contribution in [-0.4, -0.2) is 94.6 Å². The summed E-state index contributed by atoms with van der Waals surface area (Å²) in [6.07, 6.45) is 3.46. The zero-order chi connectivity index (χ0) is 42.1. The number of rotatable bonds is 9. The van der Waals surface area contributed by atoms with E-state index in [1.54, 1.807) is 18.2 Å². The summed E-state index contributed by atoms with van der Waals surface area (Å²) in [7, 11) is 0. The lowest BCUT2D eigenvalue weighted by Crippen LogP contribution is -2.74. The topological polar surface area (TPSA) is 166 Å². The zero-order valence-electron chi connectivity index (χ0n) is 34.4. The third-order valence-corrected chi connectivity index (χ3v) is 14.2. The number of benzene rings is 3. The molecule has 5 aliphatic rings. The molecule has 60 heavy (non-hydrogen) atoms. The molecule has 312 valence electrons. The van der Waals surface area contributed by atoms with Gasteiger partial charge in [0.15, 0.2) is 0 Å². The van der Waals surface area contributed by atoms with E-state index in [1.807, 2.05) is 30.3 Å². The van der Waals surface area contributed by atoms with Crippen molar-refractivity contribution in [2.45, 2.75) is 90.1 Å². The molecule has 3 atom stereocenters. The first-order chi connectivity index (χ1) is 28.7. The van der Waals surface area contributed by atoms with E-state index in [1.165, 1.54) is 0 Å². The van der Waals surface area contributed by atoms with Crippen LogP contribution in [0.2, 0.25) is 5.02 Å². The number of imide groups is 1. The molecule has 1 saturated carbocycles. The van der Waals surface area contributed by atoms with Crippen LogP contribution in [0.1, 0.15) is 81.8 Å². The van der Waals surface area contributed by atoms with E-state index in [2.05, 4.69) is 81.5 Å². The number of anilines is 2. The molecule has 0 spiro atoms. The van der Waals surface area contributed by atoms with E-state index in [9.17, 15) is 24.4 Å². The number of likely N-dealkylation sites (tertiary alicyclic amines) is 1. The highest BCUT2D eigenvalue weighted by Gasteiger charge is 2.64. The van der Waals surface area contributed by atoms with Gasteiger partial charge in [0.1, 0.15) is 29.5 Å².